The molecule has 0 unspecified atom stereocenters. The van der Waals surface area contributed by atoms with Gasteiger partial charge in [0.2, 0.25) is 0 Å². The maximum atomic E-state index is 12.6. The average Bonchev–Trinajstić information content (AvgIpc) is 4.12. The summed E-state index contributed by atoms with van der Waals surface area (Å²) < 4.78 is 47.7. The number of isothiocyanates is 1. The van der Waals surface area contributed by atoms with E-state index >= 15 is 0 Å². The molecular formula is C48H43F3N8O4RuS3. The first-order valence-corrected chi connectivity index (χ1v) is 22.9. The van der Waals surface area contributed by atoms with Crippen molar-refractivity contribution in [3.8, 4) is 68.1 Å². The fourth-order valence-corrected chi connectivity index (χ4v) is 8.11. The molecule has 0 aromatic carbocycles. The number of rotatable bonds is 18. The van der Waals surface area contributed by atoms with Crippen LogP contribution in [0.2, 0.25) is 0 Å². The van der Waals surface area contributed by atoms with Crippen molar-refractivity contribution in [2.75, 3.05) is 0 Å². The monoisotopic (exact) mass is 1050 g/mol. The van der Waals surface area contributed by atoms with Gasteiger partial charge in [-0.15, -0.1) is 22.7 Å². The molecule has 0 saturated heterocycles. The molecule has 7 aromatic heterocycles. The van der Waals surface area contributed by atoms with E-state index in [2.05, 4.69) is 96.6 Å². The predicted molar refractivity (Wildman–Crippen MR) is 253 cm³/mol. The number of aryl methyl sites for hydroxylation is 2. The number of alkyl halides is 3. The molecule has 0 aliphatic heterocycles. The van der Waals surface area contributed by atoms with Crippen molar-refractivity contribution >= 4 is 53.0 Å². The van der Waals surface area contributed by atoms with E-state index in [0.717, 1.165) is 33.7 Å². The molecule has 0 aliphatic carbocycles. The van der Waals surface area contributed by atoms with Gasteiger partial charge in [-0.2, -0.15) is 18.3 Å². The molecule has 0 radical (unpaired) electrons. The minimum atomic E-state index is -4.60. The Bertz CT molecular complexity index is 2740. The van der Waals surface area contributed by atoms with E-state index in [1.54, 1.807) is 65.4 Å². The molecule has 0 aliphatic rings. The first-order chi connectivity index (χ1) is 32.1. The third-order valence-electron chi connectivity index (χ3n) is 9.47. The number of thiophene rings is 2. The first-order valence-electron chi connectivity index (χ1n) is 20.8. The molecule has 0 bridgehead atoms. The maximum absolute atomic E-state index is 12.6. The summed E-state index contributed by atoms with van der Waals surface area (Å²) in [6.45, 7) is 5.09. The summed E-state index contributed by atoms with van der Waals surface area (Å²) in [4.78, 5) is 46.3. The summed E-state index contributed by atoms with van der Waals surface area (Å²) >= 11 is 7.07. The summed E-state index contributed by atoms with van der Waals surface area (Å²) in [6.07, 6.45) is 12.1. The topological polar surface area (TPSA) is 166 Å². The van der Waals surface area contributed by atoms with E-state index in [1.807, 2.05) is 18.2 Å². The van der Waals surface area contributed by atoms with Crippen molar-refractivity contribution < 1.29 is 51.7 Å². The van der Waals surface area contributed by atoms with Crippen molar-refractivity contribution in [3.63, 3.8) is 0 Å². The van der Waals surface area contributed by atoms with Crippen LogP contribution in [0.15, 0.2) is 90.7 Å². The Hall–Kier alpha value is -6.15. The Morgan fingerprint density at radius 1 is 0.746 bits per heavy atom. The molecule has 346 valence electrons. The quantitative estimate of drug-likeness (QED) is 0.0200. The second-order valence-corrected chi connectivity index (χ2v) is 16.5. The number of hydrogen-bond donors (Lipinski definition) is 0. The predicted octanol–water partition coefficient (Wildman–Crippen LogP) is 11.9. The van der Waals surface area contributed by atoms with Gasteiger partial charge in [-0.25, -0.2) is 4.98 Å². The first kappa shape index (κ1) is 53.5. The molecule has 19 heteroatoms. The second kappa shape index (κ2) is 28.1. The maximum Gasteiger partial charge on any atom is 2.00 e. The summed E-state index contributed by atoms with van der Waals surface area (Å²) in [5.74, 6) is 5.80. The van der Waals surface area contributed by atoms with Crippen LogP contribution in [0.25, 0.3) is 50.1 Å². The number of aromatic nitrogens is 7. The van der Waals surface area contributed by atoms with Gasteiger partial charge in [-0.3, -0.25) is 29.6 Å². The number of thiocarbonyl (C=S) groups is 1. The van der Waals surface area contributed by atoms with Crippen molar-refractivity contribution in [1.82, 2.24) is 35.1 Å². The van der Waals surface area contributed by atoms with Crippen molar-refractivity contribution in [1.29, 1.82) is 0 Å². The van der Waals surface area contributed by atoms with Gasteiger partial charge >= 0.3 is 25.7 Å². The van der Waals surface area contributed by atoms with Crippen LogP contribution < -0.4 is 14.6 Å². The molecule has 7 heterocycles. The van der Waals surface area contributed by atoms with E-state index in [9.17, 15) is 22.8 Å². The molecule has 0 amide bonds. The Balaban J connectivity index is 0.000000287. The molecule has 0 saturated carbocycles. The molecule has 0 fully saturated rings. The van der Waals surface area contributed by atoms with Gasteiger partial charge in [0, 0.05) is 57.7 Å². The summed E-state index contributed by atoms with van der Waals surface area (Å²) in [7, 11) is 0. The number of pyridine rings is 4. The van der Waals surface area contributed by atoms with Gasteiger partial charge in [0.1, 0.15) is 17.3 Å². The Labute approximate surface area is 412 Å². The van der Waals surface area contributed by atoms with E-state index in [-0.39, 0.29) is 36.7 Å². The number of halogens is 3. The van der Waals surface area contributed by atoms with E-state index < -0.39 is 12.0 Å². The van der Waals surface area contributed by atoms with E-state index in [4.69, 9.17) is 14.9 Å². The molecule has 0 atom stereocenters. The Kier molecular flexibility index (Phi) is 22.4. The smallest absolute Gasteiger partial charge is 0.753 e. The van der Waals surface area contributed by atoms with E-state index in [1.165, 1.54) is 73.2 Å². The van der Waals surface area contributed by atoms with Crippen molar-refractivity contribution in [2.45, 2.75) is 84.2 Å². The number of carbonyl (C=O) groups is 2. The minimum absolute atomic E-state index is 0. The van der Waals surface area contributed by atoms with Crippen LogP contribution in [0.5, 0.6) is 11.5 Å². The molecule has 12 nitrogen and oxygen atoms in total. The fourth-order valence-electron chi connectivity index (χ4n) is 6.27. The van der Waals surface area contributed by atoms with Gasteiger partial charge in [0.15, 0.2) is 0 Å². The summed E-state index contributed by atoms with van der Waals surface area (Å²) in [5, 5.41) is 17.1. The second-order valence-electron chi connectivity index (χ2n) is 14.2. The van der Waals surface area contributed by atoms with Crippen molar-refractivity contribution in [3.05, 3.63) is 123 Å². The number of ether oxygens (including phenoxy) is 2. The van der Waals surface area contributed by atoms with E-state index in [0.29, 0.717) is 41.5 Å². The van der Waals surface area contributed by atoms with Crippen LogP contribution in [-0.2, 0) is 48.1 Å². The largest absolute Gasteiger partial charge is 2.00 e. The van der Waals surface area contributed by atoms with Gasteiger partial charge in [0.25, 0.3) is 12.9 Å². The van der Waals surface area contributed by atoms with Crippen LogP contribution in [0, 0.1) is 11.8 Å². The van der Waals surface area contributed by atoms with Crippen LogP contribution in [0.1, 0.15) is 91.9 Å². The third-order valence-corrected chi connectivity index (χ3v) is 11.5. The summed E-state index contributed by atoms with van der Waals surface area (Å²) in [6, 6.07) is 19.8. The van der Waals surface area contributed by atoms with Gasteiger partial charge in [0.05, 0.1) is 33.3 Å². The van der Waals surface area contributed by atoms with Crippen LogP contribution in [0.3, 0.4) is 0 Å². The third kappa shape index (κ3) is 16.9. The normalized spacial score (nSPS) is 10.4. The zero-order valence-electron chi connectivity index (χ0n) is 36.3. The Morgan fingerprint density at radius 2 is 1.40 bits per heavy atom. The number of hydrogen-bond acceptors (Lipinski definition) is 13. The molecular weight excluding hydrogens is 1010 g/mol. The standard InChI is InChI=1S/C29H25N3O4S.C18H18F3N4S.CNS.Ru/c1-2-3-4-5-6-22-11-14-37-29(22)8-7-21-9-12-30-25(15-21)27-17-24(36-20-34)18-28(32-27)26-16-23(35-19-33)10-13-31-26;1-2-3-4-5-6-13-8-10-15(26-13)12-7-9-14(22-11-12)16-23-17(25-24-16)18(19,20)21;2-1-3;/h9-20H,2-6H2,1H3;7-11H,2-6H2,1H3;;/q;2*-1;+2. The van der Waals surface area contributed by atoms with Gasteiger partial charge in [-0.05, 0) is 91.0 Å². The minimum Gasteiger partial charge on any atom is -0.753 e. The summed E-state index contributed by atoms with van der Waals surface area (Å²) in [5.41, 5.74) is 5.19. The zero-order valence-corrected chi connectivity index (χ0v) is 40.5. The molecule has 7 rings (SSSR count). The zero-order chi connectivity index (χ0) is 47.2. The Morgan fingerprint density at radius 3 is 2.04 bits per heavy atom. The molecule has 0 spiro atoms. The molecule has 7 aromatic rings. The van der Waals surface area contributed by atoms with Crippen LogP contribution in [0.4, 0.5) is 13.2 Å². The number of unbranched alkanes of at least 4 members (excludes halogenated alkanes) is 6. The molecule has 0 N–H and O–H groups in total. The SMILES string of the molecule is CCCCCCc1ccc(-c2ccc(-c3nc(C(F)(F)F)n[n-]3)nc2)s1.CCCCCCc1ccsc1C#Cc1ccnc(-c2cc(OC=O)cc(-c3cc(OC=O)ccn3)n2)c1.[N-]=C=S.[Ru+2]. The van der Waals surface area contributed by atoms with Crippen LogP contribution in [-0.4, -0.2) is 48.1 Å². The molecule has 67 heavy (non-hydrogen) atoms. The van der Waals surface area contributed by atoms with Gasteiger partial charge < -0.3 is 25.0 Å². The number of carbonyl (C=O) groups excluding carboxylic acids is 2. The average molecular weight is 1050 g/mol. The van der Waals surface area contributed by atoms with Gasteiger partial charge in [-0.1, -0.05) is 76.4 Å². The van der Waals surface area contributed by atoms with Crippen LogP contribution >= 0.6 is 34.9 Å². The van der Waals surface area contributed by atoms with Crippen molar-refractivity contribution in [2.24, 2.45) is 0 Å². The number of nitrogens with zero attached hydrogens (tertiary/aromatic N) is 8. The fraction of sp³-hybridized carbons (Fsp3) is 0.271.